The molecule has 0 saturated heterocycles. The first-order valence-corrected chi connectivity index (χ1v) is 12.0. The second-order valence-electron chi connectivity index (χ2n) is 8.83. The highest BCUT2D eigenvalue weighted by Crippen LogP contribution is 2.11. The lowest BCUT2D eigenvalue weighted by atomic mass is 10.0. The van der Waals surface area contributed by atoms with E-state index in [-0.39, 0.29) is 43.2 Å². The minimum atomic E-state index is -0.882. The normalized spacial score (nSPS) is 13.4. The van der Waals surface area contributed by atoms with Crippen molar-refractivity contribution >= 4 is 41.3 Å². The van der Waals surface area contributed by atoms with E-state index >= 15 is 0 Å². The van der Waals surface area contributed by atoms with Gasteiger partial charge in [-0.05, 0) is 36.5 Å². The van der Waals surface area contributed by atoms with Crippen molar-refractivity contribution in [3.63, 3.8) is 0 Å². The van der Waals surface area contributed by atoms with Crippen LogP contribution in [0.4, 0.5) is 10.5 Å². The highest BCUT2D eigenvalue weighted by atomic mass is 16.5. The number of hydrogen-bond donors (Lipinski definition) is 4. The summed E-state index contributed by atoms with van der Waals surface area (Å²) in [5.74, 6) is -2.08. The highest BCUT2D eigenvalue weighted by molar-refractivity contribution is 6.12. The minimum Gasteiger partial charge on any atom is -0.445 e. The van der Waals surface area contributed by atoms with Crippen LogP contribution >= 0.6 is 0 Å². The zero-order valence-electron chi connectivity index (χ0n) is 21.0. The summed E-state index contributed by atoms with van der Waals surface area (Å²) in [5, 5.41) is 7.88. The molecule has 1 aliphatic rings. The van der Waals surface area contributed by atoms with Crippen molar-refractivity contribution in [2.45, 2.75) is 52.2 Å². The fraction of sp³-hybridized carbons (Fsp3) is 0.440. The van der Waals surface area contributed by atoms with Crippen LogP contribution in [0.1, 0.15) is 45.1 Å². The molecular formula is C25H33N5O7. The number of carbonyl (C=O) groups is 6. The SMILES string of the molecule is CC(C)[C@H](NC(=O)CCCCCN1C(=O)C=CC1=O)C(=O)NCC(=O)Nc1ccc(COC(N)=O)cc1. The average Bonchev–Trinajstić information content (AvgIpc) is 3.17. The molecule has 12 heteroatoms. The van der Waals surface area contributed by atoms with Gasteiger partial charge >= 0.3 is 6.09 Å². The van der Waals surface area contributed by atoms with Gasteiger partial charge < -0.3 is 26.4 Å². The van der Waals surface area contributed by atoms with Crippen LogP contribution in [0.3, 0.4) is 0 Å². The molecular weight excluding hydrogens is 482 g/mol. The van der Waals surface area contributed by atoms with Crippen molar-refractivity contribution < 1.29 is 33.5 Å². The zero-order chi connectivity index (χ0) is 27.4. The van der Waals surface area contributed by atoms with Gasteiger partial charge in [-0.25, -0.2) is 4.79 Å². The Labute approximate surface area is 215 Å². The second-order valence-corrected chi connectivity index (χ2v) is 8.83. The first-order chi connectivity index (χ1) is 17.6. The van der Waals surface area contributed by atoms with Gasteiger partial charge in [0.1, 0.15) is 12.6 Å². The van der Waals surface area contributed by atoms with E-state index in [9.17, 15) is 28.8 Å². The molecule has 2 rings (SSSR count). The summed E-state index contributed by atoms with van der Waals surface area (Å²) in [4.78, 5) is 72.0. The molecule has 0 bridgehead atoms. The third kappa shape index (κ3) is 10.1. The van der Waals surface area contributed by atoms with Crippen LogP contribution in [0.5, 0.6) is 0 Å². The Bertz CT molecular complexity index is 1020. The predicted octanol–water partition coefficient (Wildman–Crippen LogP) is 0.963. The third-order valence-corrected chi connectivity index (χ3v) is 5.49. The molecule has 37 heavy (non-hydrogen) atoms. The van der Waals surface area contributed by atoms with Crippen LogP contribution in [-0.4, -0.2) is 59.7 Å². The van der Waals surface area contributed by atoms with Crippen molar-refractivity contribution in [3.8, 4) is 0 Å². The van der Waals surface area contributed by atoms with Gasteiger partial charge in [-0.1, -0.05) is 32.4 Å². The molecule has 0 aliphatic carbocycles. The molecule has 1 aromatic carbocycles. The Balaban J connectivity index is 1.69. The molecule has 0 aromatic heterocycles. The number of carbonyl (C=O) groups excluding carboxylic acids is 6. The molecule has 1 heterocycles. The molecule has 0 unspecified atom stereocenters. The number of ether oxygens (including phenoxy) is 1. The largest absolute Gasteiger partial charge is 0.445 e. The van der Waals surface area contributed by atoms with Gasteiger partial charge in [0.05, 0.1) is 6.54 Å². The monoisotopic (exact) mass is 515 g/mol. The fourth-order valence-corrected chi connectivity index (χ4v) is 3.49. The van der Waals surface area contributed by atoms with E-state index in [2.05, 4.69) is 20.7 Å². The van der Waals surface area contributed by atoms with Crippen molar-refractivity contribution in [2.24, 2.45) is 11.7 Å². The number of anilines is 1. The number of nitrogens with two attached hydrogens (primary N) is 1. The Hall–Kier alpha value is -4.22. The molecule has 5 N–H and O–H groups in total. The molecule has 6 amide bonds. The maximum Gasteiger partial charge on any atom is 0.404 e. The first-order valence-electron chi connectivity index (χ1n) is 12.0. The molecule has 200 valence electrons. The van der Waals surface area contributed by atoms with Crippen LogP contribution in [0.15, 0.2) is 36.4 Å². The number of hydrogen-bond acceptors (Lipinski definition) is 7. The molecule has 1 aromatic rings. The van der Waals surface area contributed by atoms with Gasteiger partial charge in [0.15, 0.2) is 0 Å². The summed E-state index contributed by atoms with van der Waals surface area (Å²) in [6, 6.07) is 5.74. The lowest BCUT2D eigenvalue weighted by Crippen LogP contribution is -2.51. The van der Waals surface area contributed by atoms with E-state index in [1.807, 2.05) is 0 Å². The van der Waals surface area contributed by atoms with Crippen molar-refractivity contribution in [1.29, 1.82) is 0 Å². The fourth-order valence-electron chi connectivity index (χ4n) is 3.49. The highest BCUT2D eigenvalue weighted by Gasteiger charge is 2.25. The van der Waals surface area contributed by atoms with Crippen LogP contribution in [0, 0.1) is 5.92 Å². The van der Waals surface area contributed by atoms with E-state index in [1.54, 1.807) is 38.1 Å². The number of imide groups is 1. The second kappa shape index (κ2) is 14.4. The summed E-state index contributed by atoms with van der Waals surface area (Å²) >= 11 is 0. The van der Waals surface area contributed by atoms with E-state index < -0.39 is 23.9 Å². The van der Waals surface area contributed by atoms with Gasteiger partial charge in [-0.15, -0.1) is 0 Å². The first kappa shape index (κ1) is 29.0. The number of benzene rings is 1. The lowest BCUT2D eigenvalue weighted by Gasteiger charge is -2.21. The molecule has 0 saturated carbocycles. The smallest absolute Gasteiger partial charge is 0.404 e. The summed E-state index contributed by atoms with van der Waals surface area (Å²) in [5.41, 5.74) is 6.10. The molecule has 1 atom stereocenters. The van der Waals surface area contributed by atoms with Crippen molar-refractivity contribution in [3.05, 3.63) is 42.0 Å². The van der Waals surface area contributed by atoms with E-state index in [4.69, 9.17) is 5.73 Å². The van der Waals surface area contributed by atoms with Crippen molar-refractivity contribution in [1.82, 2.24) is 15.5 Å². The molecule has 0 fully saturated rings. The van der Waals surface area contributed by atoms with Gasteiger partial charge in [-0.2, -0.15) is 0 Å². The number of nitrogens with zero attached hydrogens (tertiary/aromatic N) is 1. The van der Waals surface area contributed by atoms with Gasteiger partial charge in [-0.3, -0.25) is 28.9 Å². The molecule has 0 radical (unpaired) electrons. The quantitative estimate of drug-likeness (QED) is 0.211. The Morgan fingerprint density at radius 2 is 1.59 bits per heavy atom. The zero-order valence-corrected chi connectivity index (χ0v) is 21.0. The molecule has 0 spiro atoms. The van der Waals surface area contributed by atoms with Gasteiger partial charge in [0, 0.05) is 30.8 Å². The number of nitrogens with one attached hydrogen (secondary N) is 3. The average molecular weight is 516 g/mol. The van der Waals surface area contributed by atoms with Gasteiger partial charge in [0.25, 0.3) is 11.8 Å². The number of primary amides is 1. The molecule has 12 nitrogen and oxygen atoms in total. The van der Waals surface area contributed by atoms with E-state index in [0.717, 1.165) is 4.90 Å². The summed E-state index contributed by atoms with van der Waals surface area (Å²) < 4.78 is 4.69. The van der Waals surface area contributed by atoms with E-state index in [1.165, 1.54) is 12.2 Å². The number of rotatable bonds is 14. The maximum atomic E-state index is 12.6. The number of unbranched alkanes of at least 4 members (excludes halogenated alkanes) is 2. The van der Waals surface area contributed by atoms with Crippen LogP contribution in [0.2, 0.25) is 0 Å². The van der Waals surface area contributed by atoms with Gasteiger partial charge in [0.2, 0.25) is 17.7 Å². The Morgan fingerprint density at radius 1 is 0.946 bits per heavy atom. The summed E-state index contributed by atoms with van der Waals surface area (Å²) in [6.45, 7) is 3.60. The minimum absolute atomic E-state index is 0.0142. The van der Waals surface area contributed by atoms with Crippen LogP contribution in [-0.2, 0) is 35.3 Å². The maximum absolute atomic E-state index is 12.6. The summed E-state index contributed by atoms with van der Waals surface area (Å²) in [6.07, 6.45) is 3.54. The molecule has 1 aliphatic heterocycles. The van der Waals surface area contributed by atoms with Crippen LogP contribution < -0.4 is 21.7 Å². The van der Waals surface area contributed by atoms with Crippen LogP contribution in [0.25, 0.3) is 0 Å². The predicted molar refractivity (Wildman–Crippen MR) is 134 cm³/mol. The summed E-state index contributed by atoms with van der Waals surface area (Å²) in [7, 11) is 0. The Kier molecular flexibility index (Phi) is 11.3. The standard InChI is InChI=1S/C25H33N5O7/c1-16(2)23(29-19(31)6-4-3-5-13-30-21(33)11-12-22(30)34)24(35)27-14-20(32)28-18-9-7-17(8-10-18)15-37-25(26)36/h7-12,16,23H,3-6,13-15H2,1-2H3,(H2,26,36)(H,27,35)(H,28,32)(H,29,31)/t23-/m0/s1. The number of amides is 6. The third-order valence-electron chi connectivity index (χ3n) is 5.49. The topological polar surface area (TPSA) is 177 Å². The lowest BCUT2D eigenvalue weighted by molar-refractivity contribution is -0.137. The van der Waals surface area contributed by atoms with Crippen molar-refractivity contribution in [2.75, 3.05) is 18.4 Å². The Morgan fingerprint density at radius 3 is 2.19 bits per heavy atom. The van der Waals surface area contributed by atoms with E-state index in [0.29, 0.717) is 37.1 Å².